The van der Waals surface area contributed by atoms with Gasteiger partial charge in [-0.2, -0.15) is 10.4 Å². The molecule has 1 amide bonds. The van der Waals surface area contributed by atoms with E-state index in [1.54, 1.807) is 16.9 Å². The highest BCUT2D eigenvalue weighted by Crippen LogP contribution is 2.37. The molecule has 1 aliphatic rings. The summed E-state index contributed by atoms with van der Waals surface area (Å²) in [6.45, 7) is 4.51. The summed E-state index contributed by atoms with van der Waals surface area (Å²) in [5.74, 6) is 0.913. The fourth-order valence-electron chi connectivity index (χ4n) is 3.58. The summed E-state index contributed by atoms with van der Waals surface area (Å²) in [4.78, 5) is 13.9. The van der Waals surface area contributed by atoms with Crippen molar-refractivity contribution in [3.05, 3.63) is 63.8 Å². The molecule has 0 aliphatic heterocycles. The maximum atomic E-state index is 12.7. The minimum absolute atomic E-state index is 0.213. The molecule has 1 N–H and O–H groups in total. The number of nitrogens with one attached hydrogen (secondary N) is 1. The van der Waals surface area contributed by atoms with E-state index in [0.29, 0.717) is 22.2 Å². The Kier molecular flexibility index (Phi) is 5.86. The Morgan fingerprint density at radius 3 is 2.77 bits per heavy atom. The van der Waals surface area contributed by atoms with E-state index >= 15 is 0 Å². The number of amides is 1. The van der Waals surface area contributed by atoms with Crippen molar-refractivity contribution in [3.8, 4) is 11.8 Å². The number of hydrogen-bond donors (Lipinski definition) is 1. The van der Waals surface area contributed by atoms with Crippen LogP contribution in [0, 0.1) is 11.3 Å². The Morgan fingerprint density at radius 2 is 2.03 bits per heavy atom. The van der Waals surface area contributed by atoms with Crippen molar-refractivity contribution in [2.24, 2.45) is 0 Å². The standard InChI is InChI=1S/C23H24N4O2S/c1-15(2)16-7-9-17(10-8-16)29-14-27-12-11-20(26-27)22(28)25-23-19(13-24)18-5-3-4-6-21(18)30-23/h7-12,15H,3-6,14H2,1-2H3,(H,25,28). The van der Waals surface area contributed by atoms with Gasteiger partial charge in [0.25, 0.3) is 5.91 Å². The SMILES string of the molecule is CC(C)c1ccc(OCn2ccc(C(=O)Nc3sc4c(c3C#N)CCCC4)n2)cc1. The number of rotatable bonds is 6. The normalized spacial score (nSPS) is 13.0. The van der Waals surface area contributed by atoms with Crippen LogP contribution in [0.1, 0.15) is 64.7 Å². The van der Waals surface area contributed by atoms with Crippen molar-refractivity contribution >= 4 is 22.2 Å². The van der Waals surface area contributed by atoms with E-state index in [1.807, 2.05) is 12.1 Å². The molecule has 7 heteroatoms. The third-order valence-corrected chi connectivity index (χ3v) is 6.50. The molecule has 0 unspecified atom stereocenters. The molecule has 0 atom stereocenters. The highest BCUT2D eigenvalue weighted by atomic mass is 32.1. The van der Waals surface area contributed by atoms with E-state index in [-0.39, 0.29) is 12.6 Å². The summed E-state index contributed by atoms with van der Waals surface area (Å²) >= 11 is 1.51. The van der Waals surface area contributed by atoms with Crippen LogP contribution in [0.4, 0.5) is 5.00 Å². The molecule has 0 radical (unpaired) electrons. The van der Waals surface area contributed by atoms with Gasteiger partial charge in [-0.05, 0) is 60.9 Å². The van der Waals surface area contributed by atoms with Crippen LogP contribution in [-0.2, 0) is 19.6 Å². The molecule has 0 spiro atoms. The molecular weight excluding hydrogens is 396 g/mol. The second-order valence-electron chi connectivity index (χ2n) is 7.72. The molecule has 2 aromatic heterocycles. The second kappa shape index (κ2) is 8.72. The molecule has 0 saturated heterocycles. The predicted molar refractivity (Wildman–Crippen MR) is 117 cm³/mol. The Labute approximate surface area is 180 Å². The topological polar surface area (TPSA) is 79.9 Å². The Balaban J connectivity index is 1.40. The Bertz CT molecular complexity index is 1090. The molecule has 4 rings (SSSR count). The maximum Gasteiger partial charge on any atom is 0.276 e. The lowest BCUT2D eigenvalue weighted by Gasteiger charge is -2.09. The van der Waals surface area contributed by atoms with Gasteiger partial charge >= 0.3 is 0 Å². The minimum atomic E-state index is -0.315. The van der Waals surface area contributed by atoms with Gasteiger partial charge in [-0.3, -0.25) is 4.79 Å². The fourth-order valence-corrected chi connectivity index (χ4v) is 4.82. The van der Waals surface area contributed by atoms with Gasteiger partial charge in [0.1, 0.15) is 16.8 Å². The predicted octanol–water partition coefficient (Wildman–Crippen LogP) is 5.11. The van der Waals surface area contributed by atoms with Gasteiger partial charge in [-0.15, -0.1) is 11.3 Å². The summed E-state index contributed by atoms with van der Waals surface area (Å²) in [6, 6.07) is 11.9. The lowest BCUT2D eigenvalue weighted by molar-refractivity contribution is 0.102. The van der Waals surface area contributed by atoms with Gasteiger partial charge in [0, 0.05) is 11.1 Å². The largest absolute Gasteiger partial charge is 0.471 e. The second-order valence-corrected chi connectivity index (χ2v) is 8.82. The highest BCUT2D eigenvalue weighted by molar-refractivity contribution is 7.16. The van der Waals surface area contributed by atoms with Gasteiger partial charge in [0.05, 0.1) is 5.56 Å². The summed E-state index contributed by atoms with van der Waals surface area (Å²) in [5.41, 5.74) is 3.26. The lowest BCUT2D eigenvalue weighted by Crippen LogP contribution is -2.14. The van der Waals surface area contributed by atoms with Crippen molar-refractivity contribution in [2.75, 3.05) is 5.32 Å². The van der Waals surface area contributed by atoms with Crippen LogP contribution in [-0.4, -0.2) is 15.7 Å². The van der Waals surface area contributed by atoms with E-state index in [1.165, 1.54) is 21.8 Å². The number of nitrogens with zero attached hydrogens (tertiary/aromatic N) is 3. The van der Waals surface area contributed by atoms with Crippen molar-refractivity contribution in [1.29, 1.82) is 5.26 Å². The lowest BCUT2D eigenvalue weighted by atomic mass is 9.96. The van der Waals surface area contributed by atoms with Crippen molar-refractivity contribution < 1.29 is 9.53 Å². The van der Waals surface area contributed by atoms with E-state index in [0.717, 1.165) is 37.0 Å². The highest BCUT2D eigenvalue weighted by Gasteiger charge is 2.22. The van der Waals surface area contributed by atoms with Crippen LogP contribution in [0.3, 0.4) is 0 Å². The van der Waals surface area contributed by atoms with Crippen LogP contribution < -0.4 is 10.1 Å². The molecular formula is C23H24N4O2S. The zero-order valence-electron chi connectivity index (χ0n) is 17.1. The first kappa shape index (κ1) is 20.2. The Morgan fingerprint density at radius 1 is 1.27 bits per heavy atom. The first-order valence-corrected chi connectivity index (χ1v) is 11.0. The quantitative estimate of drug-likeness (QED) is 0.601. The van der Waals surface area contributed by atoms with Gasteiger partial charge < -0.3 is 10.1 Å². The molecule has 0 fully saturated rings. The van der Waals surface area contributed by atoms with Gasteiger partial charge in [-0.1, -0.05) is 26.0 Å². The average Bonchev–Trinajstić information content (AvgIpc) is 3.36. The molecule has 1 aliphatic carbocycles. The smallest absolute Gasteiger partial charge is 0.276 e. The zero-order valence-corrected chi connectivity index (χ0v) is 18.0. The minimum Gasteiger partial charge on any atom is -0.471 e. The molecule has 2 heterocycles. The number of benzene rings is 1. The summed E-state index contributed by atoms with van der Waals surface area (Å²) in [5, 5.41) is 17.4. The molecule has 0 saturated carbocycles. The first-order chi connectivity index (χ1) is 14.5. The van der Waals surface area contributed by atoms with E-state index in [9.17, 15) is 10.1 Å². The van der Waals surface area contributed by atoms with E-state index < -0.39 is 0 Å². The Hall–Kier alpha value is -3.11. The van der Waals surface area contributed by atoms with Gasteiger partial charge in [0.2, 0.25) is 0 Å². The van der Waals surface area contributed by atoms with E-state index in [4.69, 9.17) is 4.74 Å². The third-order valence-electron chi connectivity index (χ3n) is 5.29. The van der Waals surface area contributed by atoms with Crippen LogP contribution in [0.25, 0.3) is 0 Å². The number of ether oxygens (including phenoxy) is 1. The third kappa shape index (κ3) is 4.24. The number of anilines is 1. The van der Waals surface area contributed by atoms with Gasteiger partial charge in [0.15, 0.2) is 12.4 Å². The number of carbonyl (C=O) groups excluding carboxylic acids is 1. The molecule has 6 nitrogen and oxygen atoms in total. The van der Waals surface area contributed by atoms with Crippen LogP contribution in [0.15, 0.2) is 36.5 Å². The van der Waals surface area contributed by atoms with E-state index in [2.05, 4.69) is 42.5 Å². The molecule has 1 aromatic carbocycles. The molecule has 154 valence electrons. The number of aromatic nitrogens is 2. The first-order valence-electron chi connectivity index (χ1n) is 10.2. The molecule has 30 heavy (non-hydrogen) atoms. The average molecular weight is 421 g/mol. The van der Waals surface area contributed by atoms with Crippen LogP contribution >= 0.6 is 11.3 Å². The number of thiophene rings is 1. The summed E-state index contributed by atoms with van der Waals surface area (Å²) in [7, 11) is 0. The summed E-state index contributed by atoms with van der Waals surface area (Å²) < 4.78 is 7.34. The van der Waals surface area contributed by atoms with Crippen molar-refractivity contribution in [1.82, 2.24) is 9.78 Å². The molecule has 0 bridgehead atoms. The fraction of sp³-hybridized carbons (Fsp3) is 0.348. The number of carbonyl (C=O) groups is 1. The maximum absolute atomic E-state index is 12.7. The zero-order chi connectivity index (χ0) is 21.1. The van der Waals surface area contributed by atoms with Crippen LogP contribution in [0.2, 0.25) is 0 Å². The number of aryl methyl sites for hydroxylation is 1. The van der Waals surface area contributed by atoms with Crippen molar-refractivity contribution in [3.63, 3.8) is 0 Å². The van der Waals surface area contributed by atoms with Gasteiger partial charge in [-0.25, -0.2) is 4.68 Å². The summed E-state index contributed by atoms with van der Waals surface area (Å²) in [6.07, 6.45) is 5.83. The monoisotopic (exact) mass is 420 g/mol. The van der Waals surface area contributed by atoms with Crippen LogP contribution in [0.5, 0.6) is 5.75 Å². The van der Waals surface area contributed by atoms with Crippen molar-refractivity contribution in [2.45, 2.75) is 52.2 Å². The number of nitriles is 1. The number of fused-ring (bicyclic) bond motifs is 1. The number of hydrogen-bond acceptors (Lipinski definition) is 5. The molecule has 3 aromatic rings.